The van der Waals surface area contributed by atoms with Crippen molar-refractivity contribution in [1.29, 1.82) is 0 Å². The van der Waals surface area contributed by atoms with E-state index < -0.39 is 17.0 Å². The number of nitrogens with zero attached hydrogens (tertiary/aromatic N) is 2. The van der Waals surface area contributed by atoms with Gasteiger partial charge >= 0.3 is 11.9 Å². The predicted molar refractivity (Wildman–Crippen MR) is 106 cm³/mol. The number of hydrogen-bond acceptors (Lipinski definition) is 7. The molecule has 2 fully saturated rings. The zero-order valence-electron chi connectivity index (χ0n) is 18.2. The molecule has 1 heterocycles. The standard InChI is InChI=1S/C22H34N2O5/c1-5-27-19(26)18-23-20(29-24-18)22(14-17(25)28-21(2,3)4)13-16(22)12-11-15-9-7-6-8-10-15/h15-16H,5-14H2,1-4H3. The molecule has 162 valence electrons. The highest BCUT2D eigenvalue weighted by molar-refractivity contribution is 5.84. The number of esters is 2. The van der Waals surface area contributed by atoms with E-state index in [2.05, 4.69) is 10.1 Å². The van der Waals surface area contributed by atoms with E-state index in [-0.39, 0.29) is 24.8 Å². The smallest absolute Gasteiger partial charge is 0.379 e. The van der Waals surface area contributed by atoms with E-state index in [0.717, 1.165) is 18.8 Å². The van der Waals surface area contributed by atoms with Gasteiger partial charge in [-0.15, -0.1) is 0 Å². The molecule has 0 saturated heterocycles. The fraction of sp³-hybridized carbons (Fsp3) is 0.818. The molecule has 1 aromatic rings. The first-order valence-electron chi connectivity index (χ1n) is 11.0. The zero-order valence-corrected chi connectivity index (χ0v) is 18.2. The normalized spacial score (nSPS) is 24.9. The first-order valence-corrected chi connectivity index (χ1v) is 11.0. The molecule has 2 unspecified atom stereocenters. The van der Waals surface area contributed by atoms with Crippen molar-refractivity contribution in [3.05, 3.63) is 11.7 Å². The summed E-state index contributed by atoms with van der Waals surface area (Å²) >= 11 is 0. The lowest BCUT2D eigenvalue weighted by Crippen LogP contribution is -2.27. The Balaban J connectivity index is 1.70. The van der Waals surface area contributed by atoms with Crippen LogP contribution in [0.3, 0.4) is 0 Å². The van der Waals surface area contributed by atoms with Crippen molar-refractivity contribution in [2.75, 3.05) is 6.61 Å². The van der Waals surface area contributed by atoms with Crippen LogP contribution in [0, 0.1) is 11.8 Å². The fourth-order valence-electron chi connectivity index (χ4n) is 4.57. The lowest BCUT2D eigenvalue weighted by molar-refractivity contribution is -0.155. The summed E-state index contributed by atoms with van der Waals surface area (Å²) in [5.74, 6) is 0.486. The third-order valence-corrected chi connectivity index (χ3v) is 6.07. The first-order chi connectivity index (χ1) is 13.7. The Morgan fingerprint density at radius 2 is 1.90 bits per heavy atom. The van der Waals surface area contributed by atoms with Gasteiger partial charge in [-0.05, 0) is 57.5 Å². The molecule has 2 aliphatic carbocycles. The Hall–Kier alpha value is -1.92. The van der Waals surface area contributed by atoms with Crippen LogP contribution in [-0.4, -0.2) is 34.3 Å². The second-order valence-electron chi connectivity index (χ2n) is 9.55. The molecule has 0 radical (unpaired) electrons. The van der Waals surface area contributed by atoms with Gasteiger partial charge in [0, 0.05) is 0 Å². The van der Waals surface area contributed by atoms with Gasteiger partial charge < -0.3 is 14.0 Å². The van der Waals surface area contributed by atoms with Crippen molar-refractivity contribution in [3.63, 3.8) is 0 Å². The number of carbonyl (C=O) groups excluding carboxylic acids is 2. The summed E-state index contributed by atoms with van der Waals surface area (Å²) in [5, 5.41) is 3.79. The van der Waals surface area contributed by atoms with E-state index in [4.69, 9.17) is 14.0 Å². The summed E-state index contributed by atoms with van der Waals surface area (Å²) in [6.45, 7) is 7.55. The Bertz CT molecular complexity index is 717. The van der Waals surface area contributed by atoms with Crippen LogP contribution in [0.2, 0.25) is 0 Å². The molecule has 29 heavy (non-hydrogen) atoms. The van der Waals surface area contributed by atoms with E-state index in [1.807, 2.05) is 20.8 Å². The molecule has 3 rings (SSSR count). The molecule has 2 atom stereocenters. The lowest BCUT2D eigenvalue weighted by Gasteiger charge is -2.23. The number of ether oxygens (including phenoxy) is 2. The number of carbonyl (C=O) groups is 2. The lowest BCUT2D eigenvalue weighted by atomic mass is 9.84. The van der Waals surface area contributed by atoms with Gasteiger partial charge in [-0.2, -0.15) is 4.98 Å². The third-order valence-electron chi connectivity index (χ3n) is 6.07. The molecular formula is C22H34N2O5. The van der Waals surface area contributed by atoms with Crippen LogP contribution in [-0.2, 0) is 19.7 Å². The van der Waals surface area contributed by atoms with Gasteiger partial charge in [0.25, 0.3) is 5.82 Å². The molecule has 0 aromatic carbocycles. The van der Waals surface area contributed by atoms with Crippen LogP contribution in [0.4, 0.5) is 0 Å². The zero-order chi connectivity index (χ0) is 21.1. The van der Waals surface area contributed by atoms with Crippen molar-refractivity contribution in [1.82, 2.24) is 10.1 Å². The molecule has 0 aliphatic heterocycles. The second-order valence-corrected chi connectivity index (χ2v) is 9.55. The number of hydrogen-bond donors (Lipinski definition) is 0. The van der Waals surface area contributed by atoms with Gasteiger partial charge in [0.1, 0.15) is 5.60 Å². The van der Waals surface area contributed by atoms with Crippen LogP contribution in [0.15, 0.2) is 4.52 Å². The quantitative estimate of drug-likeness (QED) is 0.583. The first kappa shape index (κ1) is 21.8. The highest BCUT2D eigenvalue weighted by atomic mass is 16.6. The minimum absolute atomic E-state index is 0.0802. The second kappa shape index (κ2) is 8.84. The molecule has 0 N–H and O–H groups in total. The molecule has 0 spiro atoms. The SMILES string of the molecule is CCOC(=O)c1noc(C2(CC(=O)OC(C)(C)C)CC2CCC2CCCCC2)n1. The van der Waals surface area contributed by atoms with Gasteiger partial charge in [0.15, 0.2) is 0 Å². The summed E-state index contributed by atoms with van der Waals surface area (Å²) in [4.78, 5) is 28.8. The van der Waals surface area contributed by atoms with Gasteiger partial charge in [-0.1, -0.05) is 38.5 Å². The summed E-state index contributed by atoms with van der Waals surface area (Å²) in [7, 11) is 0. The molecule has 2 saturated carbocycles. The Kier molecular flexibility index (Phi) is 6.64. The van der Waals surface area contributed by atoms with Crippen molar-refractivity contribution in [2.45, 2.75) is 96.5 Å². The van der Waals surface area contributed by atoms with E-state index in [9.17, 15) is 9.59 Å². The minimum Gasteiger partial charge on any atom is -0.460 e. The van der Waals surface area contributed by atoms with Gasteiger partial charge in [-0.3, -0.25) is 4.79 Å². The summed E-state index contributed by atoms with van der Waals surface area (Å²) in [6, 6.07) is 0. The maximum atomic E-state index is 12.6. The van der Waals surface area contributed by atoms with Crippen LogP contribution in [0.1, 0.15) is 102 Å². The predicted octanol–water partition coefficient (Wildman–Crippen LogP) is 4.60. The molecule has 0 bridgehead atoms. The van der Waals surface area contributed by atoms with E-state index in [1.165, 1.54) is 38.5 Å². The minimum atomic E-state index is -0.602. The average molecular weight is 407 g/mol. The number of aromatic nitrogens is 2. The van der Waals surface area contributed by atoms with Crippen LogP contribution < -0.4 is 0 Å². The van der Waals surface area contributed by atoms with E-state index in [1.54, 1.807) is 6.92 Å². The highest BCUT2D eigenvalue weighted by Gasteiger charge is 2.60. The third kappa shape index (κ3) is 5.58. The average Bonchev–Trinajstić information content (AvgIpc) is 3.11. The topological polar surface area (TPSA) is 91.5 Å². The maximum absolute atomic E-state index is 12.6. The molecular weight excluding hydrogens is 372 g/mol. The number of rotatable bonds is 8. The highest BCUT2D eigenvalue weighted by Crippen LogP contribution is 2.59. The summed E-state index contributed by atoms with van der Waals surface area (Å²) in [5.41, 5.74) is -1.07. The maximum Gasteiger partial charge on any atom is 0.379 e. The van der Waals surface area contributed by atoms with Crippen LogP contribution in [0.25, 0.3) is 0 Å². The monoisotopic (exact) mass is 406 g/mol. The van der Waals surface area contributed by atoms with Gasteiger partial charge in [-0.25, -0.2) is 4.79 Å². The molecule has 0 amide bonds. The fourth-order valence-corrected chi connectivity index (χ4v) is 4.57. The molecule has 7 nitrogen and oxygen atoms in total. The van der Waals surface area contributed by atoms with E-state index >= 15 is 0 Å². The Labute approximate surface area is 172 Å². The van der Waals surface area contributed by atoms with Crippen molar-refractivity contribution < 1.29 is 23.6 Å². The van der Waals surface area contributed by atoms with Gasteiger partial charge in [0.2, 0.25) is 5.89 Å². The van der Waals surface area contributed by atoms with Crippen molar-refractivity contribution >= 4 is 11.9 Å². The summed E-state index contributed by atoms with van der Waals surface area (Å²) < 4.78 is 16.0. The van der Waals surface area contributed by atoms with Crippen LogP contribution >= 0.6 is 0 Å². The molecule has 2 aliphatic rings. The molecule has 7 heteroatoms. The van der Waals surface area contributed by atoms with Crippen LogP contribution in [0.5, 0.6) is 0 Å². The Morgan fingerprint density at radius 3 is 2.55 bits per heavy atom. The largest absolute Gasteiger partial charge is 0.460 e. The van der Waals surface area contributed by atoms with Crippen molar-refractivity contribution in [2.24, 2.45) is 11.8 Å². The molecule has 1 aromatic heterocycles. The summed E-state index contributed by atoms with van der Waals surface area (Å²) in [6.07, 6.45) is 9.81. The van der Waals surface area contributed by atoms with Gasteiger partial charge in [0.05, 0.1) is 18.4 Å². The Morgan fingerprint density at radius 1 is 1.17 bits per heavy atom. The van der Waals surface area contributed by atoms with E-state index in [0.29, 0.717) is 11.8 Å². The van der Waals surface area contributed by atoms with Crippen molar-refractivity contribution in [3.8, 4) is 0 Å².